The van der Waals surface area contributed by atoms with Gasteiger partial charge in [0.15, 0.2) is 0 Å². The molecule has 0 spiro atoms. The number of aromatic nitrogens is 1. The SMILES string of the molecule is Cc1noc(C)c1COc1cccc(C(=O)N[C@H](C)c2cccc(C(F)(F)F)c2)c1. The second-order valence-corrected chi connectivity index (χ2v) is 6.94. The van der Waals surface area contributed by atoms with Crippen molar-refractivity contribution in [2.45, 2.75) is 39.6 Å². The van der Waals surface area contributed by atoms with E-state index in [9.17, 15) is 18.0 Å². The third-order valence-corrected chi connectivity index (χ3v) is 4.72. The van der Waals surface area contributed by atoms with Crippen molar-refractivity contribution in [2.75, 3.05) is 0 Å². The van der Waals surface area contributed by atoms with E-state index in [1.807, 2.05) is 6.92 Å². The lowest BCUT2D eigenvalue weighted by molar-refractivity contribution is -0.137. The molecular weight excluding hydrogens is 397 g/mol. The van der Waals surface area contributed by atoms with Crippen molar-refractivity contribution >= 4 is 5.91 Å². The fourth-order valence-corrected chi connectivity index (χ4v) is 2.94. The van der Waals surface area contributed by atoms with E-state index in [4.69, 9.17) is 9.26 Å². The number of rotatable bonds is 6. The fourth-order valence-electron chi connectivity index (χ4n) is 2.94. The molecule has 8 heteroatoms. The quantitative estimate of drug-likeness (QED) is 0.584. The van der Waals surface area contributed by atoms with Crippen LogP contribution in [0, 0.1) is 13.8 Å². The van der Waals surface area contributed by atoms with E-state index in [1.165, 1.54) is 6.07 Å². The summed E-state index contributed by atoms with van der Waals surface area (Å²) in [6, 6.07) is 10.9. The molecular formula is C22H21F3N2O3. The van der Waals surface area contributed by atoms with E-state index in [0.717, 1.165) is 23.4 Å². The number of alkyl halides is 3. The Bertz CT molecular complexity index is 1020. The Kier molecular flexibility index (Phi) is 6.14. The van der Waals surface area contributed by atoms with Crippen LogP contribution in [0.4, 0.5) is 13.2 Å². The molecule has 0 saturated heterocycles. The summed E-state index contributed by atoms with van der Waals surface area (Å²) in [7, 11) is 0. The van der Waals surface area contributed by atoms with Crippen molar-refractivity contribution in [3.63, 3.8) is 0 Å². The van der Waals surface area contributed by atoms with Crippen LogP contribution in [0.25, 0.3) is 0 Å². The summed E-state index contributed by atoms with van der Waals surface area (Å²) in [4.78, 5) is 12.6. The monoisotopic (exact) mass is 418 g/mol. The van der Waals surface area contributed by atoms with Gasteiger partial charge >= 0.3 is 6.18 Å². The highest BCUT2D eigenvalue weighted by Crippen LogP contribution is 2.30. The van der Waals surface area contributed by atoms with Crippen molar-refractivity contribution < 1.29 is 27.2 Å². The maximum absolute atomic E-state index is 12.9. The van der Waals surface area contributed by atoms with Crippen LogP contribution < -0.4 is 10.1 Å². The first-order chi connectivity index (χ1) is 14.1. The summed E-state index contributed by atoms with van der Waals surface area (Å²) in [5.41, 5.74) is 1.52. The molecule has 158 valence electrons. The molecule has 0 bridgehead atoms. The zero-order chi connectivity index (χ0) is 21.9. The molecule has 3 aromatic rings. The predicted molar refractivity (Wildman–Crippen MR) is 104 cm³/mol. The number of hydrogen-bond acceptors (Lipinski definition) is 4. The number of benzene rings is 2. The summed E-state index contributed by atoms with van der Waals surface area (Å²) in [6.45, 7) is 5.48. The number of amides is 1. The highest BCUT2D eigenvalue weighted by molar-refractivity contribution is 5.94. The van der Waals surface area contributed by atoms with Gasteiger partial charge in [-0.15, -0.1) is 0 Å². The molecule has 0 aliphatic rings. The predicted octanol–water partition coefficient (Wildman–Crippen LogP) is 5.38. The van der Waals surface area contributed by atoms with Gasteiger partial charge in [-0.3, -0.25) is 4.79 Å². The van der Waals surface area contributed by atoms with Gasteiger partial charge in [-0.25, -0.2) is 0 Å². The maximum Gasteiger partial charge on any atom is 0.416 e. The summed E-state index contributed by atoms with van der Waals surface area (Å²) in [5, 5.41) is 6.59. The minimum atomic E-state index is -4.44. The van der Waals surface area contributed by atoms with Crippen molar-refractivity contribution in [3.05, 3.63) is 82.2 Å². The van der Waals surface area contributed by atoms with Gasteiger partial charge in [0.2, 0.25) is 0 Å². The number of nitrogens with zero attached hydrogens (tertiary/aromatic N) is 1. The lowest BCUT2D eigenvalue weighted by Gasteiger charge is -2.16. The first kappa shape index (κ1) is 21.4. The number of aryl methyl sites for hydroxylation is 2. The van der Waals surface area contributed by atoms with Gasteiger partial charge in [0.1, 0.15) is 18.1 Å². The van der Waals surface area contributed by atoms with Gasteiger partial charge in [-0.2, -0.15) is 13.2 Å². The first-order valence-electron chi connectivity index (χ1n) is 9.28. The van der Waals surface area contributed by atoms with Crippen LogP contribution in [0.15, 0.2) is 53.1 Å². The Morgan fingerprint density at radius 2 is 1.90 bits per heavy atom. The first-order valence-corrected chi connectivity index (χ1v) is 9.28. The van der Waals surface area contributed by atoms with Crippen molar-refractivity contribution in [3.8, 4) is 5.75 Å². The molecule has 2 aromatic carbocycles. The Balaban J connectivity index is 1.68. The number of halogens is 3. The van der Waals surface area contributed by atoms with E-state index in [-0.39, 0.29) is 6.61 Å². The van der Waals surface area contributed by atoms with E-state index < -0.39 is 23.7 Å². The Morgan fingerprint density at radius 3 is 2.57 bits per heavy atom. The van der Waals surface area contributed by atoms with Gasteiger partial charge in [0.05, 0.1) is 22.9 Å². The average molecular weight is 418 g/mol. The Labute approximate surface area is 171 Å². The number of carbonyl (C=O) groups is 1. The topological polar surface area (TPSA) is 64.4 Å². The number of ether oxygens (including phenoxy) is 1. The lowest BCUT2D eigenvalue weighted by atomic mass is 10.0. The Morgan fingerprint density at radius 1 is 1.17 bits per heavy atom. The summed E-state index contributed by atoms with van der Waals surface area (Å²) >= 11 is 0. The van der Waals surface area contributed by atoms with Crippen LogP contribution in [-0.4, -0.2) is 11.1 Å². The van der Waals surface area contributed by atoms with E-state index in [2.05, 4.69) is 10.5 Å². The summed E-state index contributed by atoms with van der Waals surface area (Å²) in [6.07, 6.45) is -4.44. The molecule has 1 atom stereocenters. The normalized spacial score (nSPS) is 12.5. The number of hydrogen-bond donors (Lipinski definition) is 1. The fraction of sp³-hybridized carbons (Fsp3) is 0.273. The van der Waals surface area contributed by atoms with Gasteiger partial charge in [0.25, 0.3) is 5.91 Å². The third kappa shape index (κ3) is 5.00. The summed E-state index contributed by atoms with van der Waals surface area (Å²) < 4.78 is 49.6. The van der Waals surface area contributed by atoms with Gasteiger partial charge in [-0.05, 0) is 56.7 Å². The van der Waals surface area contributed by atoms with Gasteiger partial charge in [-0.1, -0.05) is 23.4 Å². The molecule has 1 N–H and O–H groups in total. The molecule has 0 radical (unpaired) electrons. The molecule has 1 heterocycles. The molecule has 0 aliphatic heterocycles. The van der Waals surface area contributed by atoms with Crippen molar-refractivity contribution in [1.29, 1.82) is 0 Å². The minimum Gasteiger partial charge on any atom is -0.489 e. The molecule has 1 aromatic heterocycles. The van der Waals surface area contributed by atoms with Crippen LogP contribution in [0.2, 0.25) is 0 Å². The molecule has 5 nitrogen and oxygen atoms in total. The van der Waals surface area contributed by atoms with Crippen LogP contribution >= 0.6 is 0 Å². The van der Waals surface area contributed by atoms with Crippen LogP contribution in [0.5, 0.6) is 5.75 Å². The maximum atomic E-state index is 12.9. The van der Waals surface area contributed by atoms with Crippen molar-refractivity contribution in [2.24, 2.45) is 0 Å². The molecule has 1 amide bonds. The van der Waals surface area contributed by atoms with Crippen LogP contribution in [0.3, 0.4) is 0 Å². The lowest BCUT2D eigenvalue weighted by Crippen LogP contribution is -2.26. The molecule has 0 fully saturated rings. The summed E-state index contributed by atoms with van der Waals surface area (Å²) in [5.74, 6) is 0.730. The number of carbonyl (C=O) groups excluding carboxylic acids is 1. The number of nitrogens with one attached hydrogen (secondary N) is 1. The van der Waals surface area contributed by atoms with Gasteiger partial charge in [0, 0.05) is 5.56 Å². The second kappa shape index (κ2) is 8.61. The van der Waals surface area contributed by atoms with Crippen LogP contribution in [0.1, 0.15) is 51.5 Å². The van der Waals surface area contributed by atoms with Crippen LogP contribution in [-0.2, 0) is 12.8 Å². The average Bonchev–Trinajstić information content (AvgIpc) is 3.03. The van der Waals surface area contributed by atoms with Crippen molar-refractivity contribution in [1.82, 2.24) is 10.5 Å². The second-order valence-electron chi connectivity index (χ2n) is 6.94. The standard InChI is InChI=1S/C22H21F3N2O3/c1-13(16-6-4-8-18(10-16)22(23,24)25)26-21(28)17-7-5-9-19(11-17)29-12-20-14(2)27-30-15(20)3/h4-11,13H,12H2,1-3H3,(H,26,28)/t13-/m1/s1. The molecule has 30 heavy (non-hydrogen) atoms. The molecule has 3 rings (SSSR count). The molecule has 0 saturated carbocycles. The molecule has 0 unspecified atom stereocenters. The van der Waals surface area contributed by atoms with E-state index in [0.29, 0.717) is 22.6 Å². The largest absolute Gasteiger partial charge is 0.489 e. The Hall–Kier alpha value is -3.29. The van der Waals surface area contributed by atoms with E-state index >= 15 is 0 Å². The highest BCUT2D eigenvalue weighted by atomic mass is 19.4. The smallest absolute Gasteiger partial charge is 0.416 e. The zero-order valence-electron chi connectivity index (χ0n) is 16.7. The minimum absolute atomic E-state index is 0.243. The van der Waals surface area contributed by atoms with Gasteiger partial charge < -0.3 is 14.6 Å². The van der Waals surface area contributed by atoms with E-state index in [1.54, 1.807) is 44.2 Å². The molecule has 0 aliphatic carbocycles. The zero-order valence-corrected chi connectivity index (χ0v) is 16.7. The third-order valence-electron chi connectivity index (χ3n) is 4.72. The highest BCUT2D eigenvalue weighted by Gasteiger charge is 2.30.